The highest BCUT2D eigenvalue weighted by atomic mass is 79.9. The molecule has 0 fully saturated rings. The van der Waals surface area contributed by atoms with Gasteiger partial charge in [0.1, 0.15) is 6.04 Å². The number of carbonyl (C=O) groups excluding carboxylic acids is 2. The molecule has 110 valence electrons. The zero-order valence-electron chi connectivity index (χ0n) is 12.2. The van der Waals surface area contributed by atoms with Gasteiger partial charge in [0, 0.05) is 4.47 Å². The first-order chi connectivity index (χ1) is 9.35. The van der Waals surface area contributed by atoms with Crippen LogP contribution in [0.4, 0.5) is 0 Å². The number of benzene rings is 1. The summed E-state index contributed by atoms with van der Waals surface area (Å²) in [7, 11) is 1.32. The van der Waals surface area contributed by atoms with E-state index in [-0.39, 0.29) is 11.8 Å². The Labute approximate surface area is 128 Å². The fraction of sp³-hybridized carbons (Fsp3) is 0.467. The number of carbonyl (C=O) groups is 2. The minimum absolute atomic E-state index is 0.279. The van der Waals surface area contributed by atoms with Gasteiger partial charge >= 0.3 is 5.97 Å². The van der Waals surface area contributed by atoms with Crippen LogP contribution < -0.4 is 5.32 Å². The molecule has 1 N–H and O–H groups in total. The molecule has 4 nitrogen and oxygen atoms in total. The summed E-state index contributed by atoms with van der Waals surface area (Å²) in [6.45, 7) is 5.93. The summed E-state index contributed by atoms with van der Waals surface area (Å²) in [6, 6.07) is 4.83. The van der Waals surface area contributed by atoms with Crippen molar-refractivity contribution in [3.8, 4) is 0 Å². The lowest BCUT2D eigenvalue weighted by molar-refractivity contribution is -0.143. The number of nitrogens with one attached hydrogen (secondary N) is 1. The quantitative estimate of drug-likeness (QED) is 0.837. The third-order valence-electron chi connectivity index (χ3n) is 2.87. The molecule has 0 aromatic heterocycles. The molecule has 5 heteroatoms. The normalized spacial score (nSPS) is 12.1. The average Bonchev–Trinajstić information content (AvgIpc) is 2.36. The molecule has 1 unspecified atom stereocenters. The summed E-state index contributed by atoms with van der Waals surface area (Å²) in [4.78, 5) is 23.9. The van der Waals surface area contributed by atoms with Crippen molar-refractivity contribution >= 4 is 27.8 Å². The Morgan fingerprint density at radius 1 is 1.35 bits per heavy atom. The number of hydrogen-bond acceptors (Lipinski definition) is 3. The fourth-order valence-corrected chi connectivity index (χ4v) is 2.54. The molecule has 0 aliphatic carbocycles. The van der Waals surface area contributed by atoms with Crippen LogP contribution in [0.1, 0.15) is 36.2 Å². The lowest BCUT2D eigenvalue weighted by Gasteiger charge is -2.18. The van der Waals surface area contributed by atoms with Crippen molar-refractivity contribution in [3.05, 3.63) is 33.8 Å². The summed E-state index contributed by atoms with van der Waals surface area (Å²) in [5.74, 6) is -0.427. The maximum atomic E-state index is 12.2. The second-order valence-electron chi connectivity index (χ2n) is 5.16. The lowest BCUT2D eigenvalue weighted by atomic mass is 10.0. The van der Waals surface area contributed by atoms with Gasteiger partial charge in [-0.25, -0.2) is 4.79 Å². The molecule has 20 heavy (non-hydrogen) atoms. The number of rotatable bonds is 5. The van der Waals surface area contributed by atoms with E-state index >= 15 is 0 Å². The van der Waals surface area contributed by atoms with Crippen molar-refractivity contribution in [2.75, 3.05) is 7.11 Å². The van der Waals surface area contributed by atoms with Gasteiger partial charge in [0.15, 0.2) is 0 Å². The van der Waals surface area contributed by atoms with Crippen LogP contribution in [0.25, 0.3) is 0 Å². The second kappa shape index (κ2) is 7.43. The molecule has 0 radical (unpaired) electrons. The van der Waals surface area contributed by atoms with Gasteiger partial charge < -0.3 is 10.1 Å². The second-order valence-corrected chi connectivity index (χ2v) is 6.02. The smallest absolute Gasteiger partial charge is 0.328 e. The lowest BCUT2D eigenvalue weighted by Crippen LogP contribution is -2.42. The topological polar surface area (TPSA) is 55.4 Å². The molecule has 0 saturated heterocycles. The first kappa shape index (κ1) is 16.7. The van der Waals surface area contributed by atoms with E-state index in [1.54, 1.807) is 6.07 Å². The number of methoxy groups -OCH3 is 1. The van der Waals surface area contributed by atoms with Gasteiger partial charge in [-0.15, -0.1) is 0 Å². The molecule has 1 rings (SSSR count). The highest BCUT2D eigenvalue weighted by Crippen LogP contribution is 2.19. The molecule has 1 amide bonds. The predicted molar refractivity (Wildman–Crippen MR) is 81.6 cm³/mol. The molecule has 0 heterocycles. The van der Waals surface area contributed by atoms with E-state index in [0.29, 0.717) is 16.5 Å². The van der Waals surface area contributed by atoms with Crippen molar-refractivity contribution in [1.29, 1.82) is 0 Å². The molecule has 0 saturated carbocycles. The van der Waals surface area contributed by atoms with Crippen molar-refractivity contribution in [3.63, 3.8) is 0 Å². The van der Waals surface area contributed by atoms with Gasteiger partial charge in [0.05, 0.1) is 12.7 Å². The Bertz CT molecular complexity index is 500. The number of hydrogen-bond donors (Lipinski definition) is 1. The molecule has 0 spiro atoms. The van der Waals surface area contributed by atoms with Crippen molar-refractivity contribution in [2.45, 2.75) is 33.2 Å². The maximum absolute atomic E-state index is 12.2. The Balaban J connectivity index is 2.87. The molecule has 0 aliphatic heterocycles. The van der Waals surface area contributed by atoms with E-state index in [4.69, 9.17) is 4.74 Å². The van der Waals surface area contributed by atoms with Gasteiger partial charge in [-0.2, -0.15) is 0 Å². The van der Waals surface area contributed by atoms with Gasteiger partial charge in [0.2, 0.25) is 0 Å². The van der Waals surface area contributed by atoms with Crippen LogP contribution in [0, 0.1) is 12.8 Å². The van der Waals surface area contributed by atoms with E-state index in [2.05, 4.69) is 21.2 Å². The largest absolute Gasteiger partial charge is 0.467 e. The van der Waals surface area contributed by atoms with Crippen LogP contribution in [0.2, 0.25) is 0 Å². The van der Waals surface area contributed by atoms with E-state index in [1.165, 1.54) is 7.11 Å². The number of esters is 1. The molecular weight excluding hydrogens is 322 g/mol. The molecule has 0 bridgehead atoms. The maximum Gasteiger partial charge on any atom is 0.328 e. The van der Waals surface area contributed by atoms with Crippen LogP contribution in [-0.4, -0.2) is 25.0 Å². The van der Waals surface area contributed by atoms with Crippen molar-refractivity contribution < 1.29 is 14.3 Å². The number of ether oxygens (including phenoxy) is 1. The van der Waals surface area contributed by atoms with Crippen LogP contribution in [0.15, 0.2) is 22.7 Å². The van der Waals surface area contributed by atoms with Gasteiger partial charge in [-0.1, -0.05) is 19.9 Å². The van der Waals surface area contributed by atoms with Crippen LogP contribution >= 0.6 is 15.9 Å². The first-order valence-electron chi connectivity index (χ1n) is 6.50. The van der Waals surface area contributed by atoms with Crippen LogP contribution in [0.5, 0.6) is 0 Å². The van der Waals surface area contributed by atoms with Gasteiger partial charge in [0.25, 0.3) is 5.91 Å². The molecule has 0 aliphatic rings. The molecule has 1 aromatic rings. The zero-order chi connectivity index (χ0) is 15.3. The Morgan fingerprint density at radius 3 is 2.50 bits per heavy atom. The monoisotopic (exact) mass is 341 g/mol. The third kappa shape index (κ3) is 4.63. The van der Waals surface area contributed by atoms with Gasteiger partial charge in [-0.05, 0) is 52.9 Å². The third-order valence-corrected chi connectivity index (χ3v) is 3.52. The first-order valence-corrected chi connectivity index (χ1v) is 7.29. The summed E-state index contributed by atoms with van der Waals surface area (Å²) in [6.07, 6.45) is 0.544. The minimum atomic E-state index is -0.624. The highest BCUT2D eigenvalue weighted by Gasteiger charge is 2.23. The van der Waals surface area contributed by atoms with Crippen molar-refractivity contribution in [1.82, 2.24) is 5.32 Å². The Hall–Kier alpha value is -1.36. The molecule has 1 atom stereocenters. The molecule has 1 aromatic carbocycles. The highest BCUT2D eigenvalue weighted by molar-refractivity contribution is 9.10. The number of aryl methyl sites for hydroxylation is 1. The standard InChI is InChI=1S/C15H20BrNO3/c1-9(2)7-13(15(19)20-4)17-14(18)11-6-5-10(3)8-12(11)16/h5-6,8-9,13H,7H2,1-4H3,(H,17,18). The van der Waals surface area contributed by atoms with E-state index in [9.17, 15) is 9.59 Å². The van der Waals surface area contributed by atoms with Crippen molar-refractivity contribution in [2.24, 2.45) is 5.92 Å². The summed E-state index contributed by atoms with van der Waals surface area (Å²) in [5.41, 5.74) is 1.56. The Kier molecular flexibility index (Phi) is 6.20. The van der Waals surface area contributed by atoms with Crippen LogP contribution in [-0.2, 0) is 9.53 Å². The summed E-state index contributed by atoms with van der Waals surface area (Å²) < 4.78 is 5.45. The number of halogens is 1. The number of amides is 1. The fourth-order valence-electron chi connectivity index (χ4n) is 1.87. The predicted octanol–water partition coefficient (Wildman–Crippen LogP) is 3.08. The Morgan fingerprint density at radius 2 is 2.00 bits per heavy atom. The zero-order valence-corrected chi connectivity index (χ0v) is 13.8. The van der Waals surface area contributed by atoms with Gasteiger partial charge in [-0.3, -0.25) is 4.79 Å². The summed E-state index contributed by atoms with van der Waals surface area (Å²) in [5, 5.41) is 2.73. The average molecular weight is 342 g/mol. The van der Waals surface area contributed by atoms with E-state index < -0.39 is 12.0 Å². The minimum Gasteiger partial charge on any atom is -0.467 e. The van der Waals surface area contributed by atoms with E-state index in [0.717, 1.165) is 5.56 Å². The summed E-state index contributed by atoms with van der Waals surface area (Å²) >= 11 is 3.37. The van der Waals surface area contributed by atoms with Crippen LogP contribution in [0.3, 0.4) is 0 Å². The molecular formula is C15H20BrNO3. The SMILES string of the molecule is COC(=O)C(CC(C)C)NC(=O)c1ccc(C)cc1Br. The van der Waals surface area contributed by atoms with E-state index in [1.807, 2.05) is 32.9 Å².